The summed E-state index contributed by atoms with van der Waals surface area (Å²) in [5.41, 5.74) is 7.30. The van der Waals surface area contributed by atoms with Gasteiger partial charge in [-0.1, -0.05) is 48.0 Å². The number of aryl methyl sites for hydroxylation is 1. The van der Waals surface area contributed by atoms with Gasteiger partial charge in [0, 0.05) is 24.2 Å². The molecule has 4 heteroatoms. The van der Waals surface area contributed by atoms with Gasteiger partial charge >= 0.3 is 0 Å². The second-order valence-electron chi connectivity index (χ2n) is 10.9. The molecule has 4 rings (SSSR count). The molecular formula is C35H43NO3. The Morgan fingerprint density at radius 3 is 2.26 bits per heavy atom. The Labute approximate surface area is 234 Å². The Hall–Kier alpha value is -3.37. The zero-order chi connectivity index (χ0) is 27.9. The van der Waals surface area contributed by atoms with E-state index in [1.807, 2.05) is 31.2 Å². The van der Waals surface area contributed by atoms with Gasteiger partial charge in [0.2, 0.25) is 0 Å². The zero-order valence-corrected chi connectivity index (χ0v) is 24.4. The van der Waals surface area contributed by atoms with Gasteiger partial charge in [0.15, 0.2) is 5.78 Å². The molecule has 0 amide bonds. The molecule has 39 heavy (non-hydrogen) atoms. The average Bonchev–Trinajstić information content (AvgIpc) is 2.93. The summed E-state index contributed by atoms with van der Waals surface area (Å²) in [6, 6.07) is 23.6. The summed E-state index contributed by atoms with van der Waals surface area (Å²) in [5.74, 6) is 1.57. The van der Waals surface area contributed by atoms with E-state index in [1.54, 1.807) is 7.11 Å². The fourth-order valence-electron chi connectivity index (χ4n) is 5.72. The van der Waals surface area contributed by atoms with Crippen LogP contribution in [-0.4, -0.2) is 43.0 Å². The molecule has 0 radical (unpaired) electrons. The molecule has 0 unspecified atom stereocenters. The highest BCUT2D eigenvalue weighted by molar-refractivity contribution is 6.31. The van der Waals surface area contributed by atoms with Gasteiger partial charge in [-0.3, -0.25) is 9.69 Å². The summed E-state index contributed by atoms with van der Waals surface area (Å²) in [4.78, 5) is 16.8. The lowest BCUT2D eigenvalue weighted by Gasteiger charge is -2.30. The van der Waals surface area contributed by atoms with E-state index < -0.39 is 0 Å². The first-order valence-electron chi connectivity index (χ1n) is 14.3. The van der Waals surface area contributed by atoms with Crippen LogP contribution in [0.2, 0.25) is 0 Å². The van der Waals surface area contributed by atoms with Crippen LogP contribution in [0, 0.1) is 0 Å². The number of nitrogens with zero attached hydrogens (tertiary/aromatic N) is 1. The van der Waals surface area contributed by atoms with Crippen LogP contribution < -0.4 is 9.47 Å². The molecule has 0 heterocycles. The van der Waals surface area contributed by atoms with E-state index in [9.17, 15) is 4.79 Å². The number of methoxy groups -OCH3 is 1. The Bertz CT molecular complexity index is 1300. The normalized spacial score (nSPS) is 13.3. The Morgan fingerprint density at radius 2 is 1.59 bits per heavy atom. The van der Waals surface area contributed by atoms with Gasteiger partial charge in [-0.05, 0) is 107 Å². The number of ketones is 1. The molecule has 1 aliphatic rings. The maximum Gasteiger partial charge on any atom is 0.197 e. The van der Waals surface area contributed by atoms with Crippen molar-refractivity contribution in [2.75, 3.05) is 20.3 Å². The Kier molecular flexibility index (Phi) is 9.63. The molecular weight excluding hydrogens is 482 g/mol. The smallest absolute Gasteiger partial charge is 0.197 e. The first-order chi connectivity index (χ1) is 18.8. The lowest BCUT2D eigenvalue weighted by atomic mass is 9.80. The summed E-state index contributed by atoms with van der Waals surface area (Å²) < 4.78 is 11.4. The van der Waals surface area contributed by atoms with Crippen LogP contribution in [0.1, 0.15) is 73.7 Å². The van der Waals surface area contributed by atoms with Gasteiger partial charge in [0.25, 0.3) is 0 Å². The molecule has 0 spiro atoms. The Balaban J connectivity index is 1.70. The van der Waals surface area contributed by atoms with E-state index in [0.717, 1.165) is 49.1 Å². The highest BCUT2D eigenvalue weighted by Crippen LogP contribution is 2.37. The zero-order valence-electron chi connectivity index (χ0n) is 24.4. The molecule has 1 aliphatic carbocycles. The summed E-state index contributed by atoms with van der Waals surface area (Å²) in [7, 11) is 1.68. The molecule has 4 nitrogen and oxygen atoms in total. The Morgan fingerprint density at radius 1 is 0.897 bits per heavy atom. The number of fused-ring (bicyclic) bond motifs is 1. The van der Waals surface area contributed by atoms with E-state index in [-0.39, 0.29) is 5.78 Å². The van der Waals surface area contributed by atoms with E-state index in [1.165, 1.54) is 22.3 Å². The number of carbonyl (C=O) groups is 1. The second-order valence-corrected chi connectivity index (χ2v) is 10.9. The highest BCUT2D eigenvalue weighted by atomic mass is 16.5. The number of benzene rings is 3. The third-order valence-corrected chi connectivity index (χ3v) is 7.72. The van der Waals surface area contributed by atoms with Crippen LogP contribution in [-0.2, 0) is 19.3 Å². The van der Waals surface area contributed by atoms with E-state index >= 15 is 0 Å². The number of hydrogen-bond donors (Lipinski definition) is 0. The van der Waals surface area contributed by atoms with Crippen molar-refractivity contribution in [3.63, 3.8) is 0 Å². The summed E-state index contributed by atoms with van der Waals surface area (Å²) in [6.45, 7) is 12.4. The topological polar surface area (TPSA) is 38.8 Å². The molecule has 0 atom stereocenters. The molecule has 0 N–H and O–H groups in total. The first-order valence-corrected chi connectivity index (χ1v) is 14.3. The maximum atomic E-state index is 14.3. The summed E-state index contributed by atoms with van der Waals surface area (Å²) in [6.07, 6.45) is 3.46. The minimum atomic E-state index is 0.0478. The molecule has 3 aromatic carbocycles. The van der Waals surface area contributed by atoms with E-state index in [0.29, 0.717) is 30.0 Å². The highest BCUT2D eigenvalue weighted by Gasteiger charge is 2.27. The molecule has 0 aromatic heterocycles. The van der Waals surface area contributed by atoms with Crippen molar-refractivity contribution in [3.05, 3.63) is 100 Å². The number of Topliss-reactive ketones (excluding diaryl/α,β-unsaturated/α-hetero) is 1. The van der Waals surface area contributed by atoms with Crippen LogP contribution in [0.4, 0.5) is 0 Å². The maximum absolute atomic E-state index is 14.3. The summed E-state index contributed by atoms with van der Waals surface area (Å²) >= 11 is 0. The number of hydrogen-bond acceptors (Lipinski definition) is 4. The monoisotopic (exact) mass is 525 g/mol. The van der Waals surface area contributed by atoms with Crippen molar-refractivity contribution >= 4 is 11.4 Å². The minimum Gasteiger partial charge on any atom is -0.497 e. The van der Waals surface area contributed by atoms with Gasteiger partial charge < -0.3 is 9.47 Å². The van der Waals surface area contributed by atoms with Gasteiger partial charge in [-0.25, -0.2) is 0 Å². The van der Waals surface area contributed by atoms with Crippen LogP contribution in [0.15, 0.2) is 72.3 Å². The summed E-state index contributed by atoms with van der Waals surface area (Å²) in [5, 5.41) is 0. The van der Waals surface area contributed by atoms with E-state index in [4.69, 9.17) is 9.47 Å². The van der Waals surface area contributed by atoms with Gasteiger partial charge in [0.05, 0.1) is 19.3 Å². The van der Waals surface area contributed by atoms with Crippen molar-refractivity contribution in [1.29, 1.82) is 0 Å². The van der Waals surface area contributed by atoms with Crippen LogP contribution in [0.3, 0.4) is 0 Å². The van der Waals surface area contributed by atoms with Gasteiger partial charge in [-0.15, -0.1) is 0 Å². The molecule has 206 valence electrons. The van der Waals surface area contributed by atoms with Crippen LogP contribution in [0.5, 0.6) is 11.5 Å². The number of carbonyl (C=O) groups excluding carboxylic acids is 1. The second kappa shape index (κ2) is 13.1. The predicted octanol–water partition coefficient (Wildman–Crippen LogP) is 7.58. The number of rotatable bonds is 12. The average molecular weight is 526 g/mol. The molecule has 0 bridgehead atoms. The standard InChI is InChI=1S/C35H43NO3/c1-7-39-33-23-27(20-21-36(24(2)3)25(4)5)14-19-32(33)35(37)34-29(16-15-28-10-8-9-11-31(28)34)22-26-12-17-30(38-6)18-13-26/h8-14,17-19,23-25H,7,15-16,20-22H2,1-6H3. The fourth-order valence-corrected chi connectivity index (χ4v) is 5.72. The molecule has 0 aliphatic heterocycles. The number of ether oxygens (including phenoxy) is 2. The largest absolute Gasteiger partial charge is 0.497 e. The lowest BCUT2D eigenvalue weighted by Crippen LogP contribution is -2.38. The van der Waals surface area contributed by atoms with Crippen molar-refractivity contribution in [2.45, 2.75) is 72.4 Å². The third-order valence-electron chi connectivity index (χ3n) is 7.72. The minimum absolute atomic E-state index is 0.0478. The van der Waals surface area contributed by atoms with Gasteiger partial charge in [-0.2, -0.15) is 0 Å². The van der Waals surface area contributed by atoms with Crippen molar-refractivity contribution in [3.8, 4) is 11.5 Å². The van der Waals surface area contributed by atoms with Crippen molar-refractivity contribution < 1.29 is 14.3 Å². The quantitative estimate of drug-likeness (QED) is 0.229. The van der Waals surface area contributed by atoms with Crippen LogP contribution >= 0.6 is 0 Å². The molecule has 0 saturated heterocycles. The van der Waals surface area contributed by atoms with Gasteiger partial charge in [0.1, 0.15) is 11.5 Å². The fraction of sp³-hybridized carbons (Fsp3) is 0.400. The molecule has 0 saturated carbocycles. The SMILES string of the molecule is CCOc1cc(CCN(C(C)C)C(C)C)ccc1C(=O)C1=C(Cc2ccc(OC)cc2)CCc2ccccc21. The molecule has 3 aromatic rings. The predicted molar refractivity (Wildman–Crippen MR) is 161 cm³/mol. The van der Waals surface area contributed by atoms with Crippen molar-refractivity contribution in [1.82, 2.24) is 4.90 Å². The number of allylic oxidation sites excluding steroid dienone is 2. The van der Waals surface area contributed by atoms with Crippen LogP contribution in [0.25, 0.3) is 5.57 Å². The third kappa shape index (κ3) is 6.80. The van der Waals surface area contributed by atoms with E-state index in [2.05, 4.69) is 75.1 Å². The first kappa shape index (κ1) is 28.6. The lowest BCUT2D eigenvalue weighted by molar-refractivity contribution is 0.105. The van der Waals surface area contributed by atoms with Crippen molar-refractivity contribution in [2.24, 2.45) is 0 Å². The molecule has 0 fully saturated rings.